The van der Waals surface area contributed by atoms with E-state index < -0.39 is 0 Å². The second kappa shape index (κ2) is 7.10. The Morgan fingerprint density at radius 1 is 1.08 bits per heavy atom. The lowest BCUT2D eigenvalue weighted by atomic mass is 10.2. The number of rotatable bonds is 2. The van der Waals surface area contributed by atoms with Crippen molar-refractivity contribution in [1.29, 1.82) is 0 Å². The number of fused-ring (bicyclic) bond motifs is 1. The molecule has 3 heterocycles. The fourth-order valence-corrected chi connectivity index (χ4v) is 4.06. The molecule has 2 amide bonds. The maximum Gasteiger partial charge on any atom is 0.270 e. The van der Waals surface area contributed by atoms with E-state index in [9.17, 15) is 9.59 Å². The molecule has 1 atom stereocenters. The Kier molecular flexibility index (Phi) is 4.82. The molecule has 26 heavy (non-hydrogen) atoms. The molecule has 0 saturated carbocycles. The van der Waals surface area contributed by atoms with Crippen LogP contribution in [0.15, 0.2) is 18.2 Å². The molecular weight excluding hydrogens is 375 g/mol. The van der Waals surface area contributed by atoms with Crippen LogP contribution in [0.1, 0.15) is 23.3 Å². The number of aromatic nitrogens is 1. The van der Waals surface area contributed by atoms with Crippen LogP contribution in [0, 0.1) is 0 Å². The second-order valence-corrected chi connectivity index (χ2v) is 7.56. The van der Waals surface area contributed by atoms with Gasteiger partial charge in [0.05, 0.1) is 16.1 Å². The molecule has 1 aromatic carbocycles. The van der Waals surface area contributed by atoms with Crippen LogP contribution in [0.5, 0.6) is 0 Å². The Morgan fingerprint density at radius 3 is 2.50 bits per heavy atom. The first kappa shape index (κ1) is 17.6. The summed E-state index contributed by atoms with van der Waals surface area (Å²) in [6.07, 6.45) is 1.94. The lowest BCUT2D eigenvalue weighted by Gasteiger charge is -2.35. The van der Waals surface area contributed by atoms with Gasteiger partial charge >= 0.3 is 0 Å². The molecule has 0 spiro atoms. The smallest absolute Gasteiger partial charge is 0.270 e. The Bertz CT molecular complexity index is 852. The highest BCUT2D eigenvalue weighted by atomic mass is 35.5. The van der Waals surface area contributed by atoms with Gasteiger partial charge in [-0.2, -0.15) is 0 Å². The summed E-state index contributed by atoms with van der Waals surface area (Å²) in [6, 6.07) is 5.20. The first-order valence-electron chi connectivity index (χ1n) is 8.83. The van der Waals surface area contributed by atoms with Crippen LogP contribution in [0.25, 0.3) is 10.9 Å². The molecular formula is C18H20Cl2N4O2. The van der Waals surface area contributed by atoms with E-state index in [-0.39, 0.29) is 17.9 Å². The van der Waals surface area contributed by atoms with E-state index in [1.165, 1.54) is 0 Å². The second-order valence-electron chi connectivity index (χ2n) is 6.77. The highest BCUT2D eigenvalue weighted by molar-refractivity contribution is 6.45. The van der Waals surface area contributed by atoms with Crippen LogP contribution in [-0.4, -0.2) is 65.4 Å². The predicted molar refractivity (Wildman–Crippen MR) is 102 cm³/mol. The number of hydrogen-bond donors (Lipinski definition) is 2. The number of carbonyl (C=O) groups is 2. The molecule has 138 valence electrons. The first-order valence-corrected chi connectivity index (χ1v) is 9.58. The molecule has 2 fully saturated rings. The number of hydrogen-bond acceptors (Lipinski definition) is 3. The quantitative estimate of drug-likeness (QED) is 0.821. The maximum absolute atomic E-state index is 12.8. The van der Waals surface area contributed by atoms with Gasteiger partial charge in [-0.05, 0) is 37.6 Å². The van der Waals surface area contributed by atoms with Gasteiger partial charge in [0.2, 0.25) is 5.91 Å². The predicted octanol–water partition coefficient (Wildman–Crippen LogP) is 2.51. The van der Waals surface area contributed by atoms with Gasteiger partial charge in [0.25, 0.3) is 5.91 Å². The average molecular weight is 395 g/mol. The summed E-state index contributed by atoms with van der Waals surface area (Å²) in [4.78, 5) is 32.0. The Hall–Kier alpha value is -1.76. The highest BCUT2D eigenvalue weighted by Crippen LogP contribution is 2.31. The van der Waals surface area contributed by atoms with Crippen molar-refractivity contribution in [2.24, 2.45) is 0 Å². The molecule has 0 aliphatic carbocycles. The van der Waals surface area contributed by atoms with Crippen molar-refractivity contribution >= 4 is 45.9 Å². The molecule has 2 aliphatic heterocycles. The van der Waals surface area contributed by atoms with E-state index >= 15 is 0 Å². The van der Waals surface area contributed by atoms with E-state index in [0.717, 1.165) is 30.3 Å². The van der Waals surface area contributed by atoms with Crippen LogP contribution >= 0.6 is 23.2 Å². The largest absolute Gasteiger partial charge is 0.350 e. The monoisotopic (exact) mass is 394 g/mol. The van der Waals surface area contributed by atoms with Gasteiger partial charge in [-0.3, -0.25) is 9.59 Å². The lowest BCUT2D eigenvalue weighted by Crippen LogP contribution is -2.54. The van der Waals surface area contributed by atoms with Crippen molar-refractivity contribution in [3.63, 3.8) is 0 Å². The van der Waals surface area contributed by atoms with Gasteiger partial charge in [0.1, 0.15) is 5.69 Å². The summed E-state index contributed by atoms with van der Waals surface area (Å²) < 4.78 is 0. The van der Waals surface area contributed by atoms with Gasteiger partial charge in [-0.1, -0.05) is 23.2 Å². The number of benzene rings is 1. The molecule has 4 rings (SSSR count). The van der Waals surface area contributed by atoms with Gasteiger partial charge < -0.3 is 20.1 Å². The van der Waals surface area contributed by atoms with E-state index in [0.29, 0.717) is 41.9 Å². The number of H-pyrrole nitrogens is 1. The zero-order valence-corrected chi connectivity index (χ0v) is 15.7. The number of halogens is 2. The summed E-state index contributed by atoms with van der Waals surface area (Å²) in [5, 5.41) is 4.88. The summed E-state index contributed by atoms with van der Waals surface area (Å²) in [5.74, 6) is 0.0705. The molecule has 2 saturated heterocycles. The van der Waals surface area contributed by atoms with Crippen molar-refractivity contribution in [1.82, 2.24) is 20.1 Å². The van der Waals surface area contributed by atoms with Gasteiger partial charge in [-0.15, -0.1) is 0 Å². The number of nitrogens with one attached hydrogen (secondary N) is 2. The van der Waals surface area contributed by atoms with Crippen molar-refractivity contribution < 1.29 is 9.59 Å². The van der Waals surface area contributed by atoms with Gasteiger partial charge in [-0.25, -0.2) is 0 Å². The maximum atomic E-state index is 12.8. The average Bonchev–Trinajstić information content (AvgIpc) is 3.34. The van der Waals surface area contributed by atoms with E-state index in [1.807, 2.05) is 11.0 Å². The molecule has 0 bridgehead atoms. The number of amides is 2. The Morgan fingerprint density at radius 2 is 1.81 bits per heavy atom. The zero-order chi connectivity index (χ0) is 18.3. The van der Waals surface area contributed by atoms with Crippen molar-refractivity contribution in [2.75, 3.05) is 32.7 Å². The van der Waals surface area contributed by atoms with Crippen molar-refractivity contribution in [3.8, 4) is 0 Å². The third kappa shape index (κ3) is 3.17. The van der Waals surface area contributed by atoms with Crippen LogP contribution in [0.3, 0.4) is 0 Å². The normalized spacial score (nSPS) is 20.8. The summed E-state index contributed by atoms with van der Waals surface area (Å²) >= 11 is 12.3. The molecule has 2 N–H and O–H groups in total. The molecule has 1 aromatic heterocycles. The highest BCUT2D eigenvalue weighted by Gasteiger charge is 2.31. The molecule has 8 heteroatoms. The van der Waals surface area contributed by atoms with Crippen molar-refractivity contribution in [2.45, 2.75) is 18.9 Å². The molecule has 2 aliphatic rings. The van der Waals surface area contributed by atoms with E-state index in [4.69, 9.17) is 23.2 Å². The Balaban J connectivity index is 1.43. The number of carbonyl (C=O) groups excluding carboxylic acids is 2. The van der Waals surface area contributed by atoms with Crippen LogP contribution in [0.4, 0.5) is 0 Å². The lowest BCUT2D eigenvalue weighted by molar-refractivity contribution is -0.134. The minimum absolute atomic E-state index is 0.0575. The SMILES string of the molecule is O=C(c1cc2c(Cl)c(Cl)ccc2[nH]1)N1CCN(C(=O)[C@@H]2CCCN2)CC1. The zero-order valence-electron chi connectivity index (χ0n) is 14.2. The van der Waals surface area contributed by atoms with Gasteiger partial charge in [0.15, 0.2) is 0 Å². The minimum Gasteiger partial charge on any atom is -0.350 e. The van der Waals surface area contributed by atoms with Gasteiger partial charge in [0, 0.05) is 37.1 Å². The molecule has 2 aromatic rings. The third-order valence-corrected chi connectivity index (χ3v) is 5.98. The van der Waals surface area contributed by atoms with Crippen LogP contribution < -0.4 is 5.32 Å². The summed E-state index contributed by atoms with van der Waals surface area (Å²) in [5.41, 5.74) is 1.27. The number of nitrogens with zero attached hydrogens (tertiary/aromatic N) is 2. The fraction of sp³-hybridized carbons (Fsp3) is 0.444. The topological polar surface area (TPSA) is 68.4 Å². The first-order chi connectivity index (χ1) is 12.5. The summed E-state index contributed by atoms with van der Waals surface area (Å²) in [7, 11) is 0. The third-order valence-electron chi connectivity index (χ3n) is 5.16. The van der Waals surface area contributed by atoms with Crippen molar-refractivity contribution in [3.05, 3.63) is 33.9 Å². The molecule has 0 radical (unpaired) electrons. The Labute approximate surface area is 161 Å². The number of piperazine rings is 1. The van der Waals surface area contributed by atoms with Crippen LogP contribution in [0.2, 0.25) is 10.0 Å². The molecule has 0 unspecified atom stereocenters. The summed E-state index contributed by atoms with van der Waals surface area (Å²) in [6.45, 7) is 3.09. The molecule has 6 nitrogen and oxygen atoms in total. The standard InChI is InChI=1S/C18H20Cl2N4O2/c19-12-3-4-13-11(16(12)20)10-15(22-13)18(26)24-8-6-23(7-9-24)17(25)14-2-1-5-21-14/h3-4,10,14,21-22H,1-2,5-9H2/t14-/m0/s1. The van der Waals surface area contributed by atoms with E-state index in [2.05, 4.69) is 10.3 Å². The number of aromatic amines is 1. The minimum atomic E-state index is -0.0838. The fourth-order valence-electron chi connectivity index (χ4n) is 3.67. The van der Waals surface area contributed by atoms with E-state index in [1.54, 1.807) is 17.0 Å². The van der Waals surface area contributed by atoms with Crippen LogP contribution in [-0.2, 0) is 4.79 Å².